The number of likely N-dealkylation sites (tertiary alicyclic amines) is 1. The number of hydrogen-bond donors (Lipinski definition) is 1. The Morgan fingerprint density at radius 2 is 1.68 bits per heavy atom. The Kier molecular flexibility index (Phi) is 8.12. The van der Waals surface area contributed by atoms with Gasteiger partial charge in [0.25, 0.3) is 5.91 Å². The molecule has 1 amide bonds. The topological polar surface area (TPSA) is 49.4 Å². The molecule has 0 bridgehead atoms. The number of unbranched alkanes of at least 4 members (excludes halogenated alkanes) is 1. The Balaban J connectivity index is 1.40. The molecule has 0 aliphatic carbocycles. The van der Waals surface area contributed by atoms with Crippen molar-refractivity contribution in [3.05, 3.63) is 65.7 Å². The van der Waals surface area contributed by atoms with Gasteiger partial charge in [-0.25, -0.2) is 0 Å². The summed E-state index contributed by atoms with van der Waals surface area (Å²) in [4.78, 5) is 28.0. The van der Waals surface area contributed by atoms with Gasteiger partial charge in [0.1, 0.15) is 0 Å². The summed E-state index contributed by atoms with van der Waals surface area (Å²) in [6, 6.07) is 16.8. The van der Waals surface area contributed by atoms with Gasteiger partial charge in [0.2, 0.25) is 0 Å². The van der Waals surface area contributed by atoms with Crippen molar-refractivity contribution in [3.8, 4) is 0 Å². The molecule has 3 rings (SSSR count). The van der Waals surface area contributed by atoms with Crippen molar-refractivity contribution in [1.29, 1.82) is 0 Å². The van der Waals surface area contributed by atoms with Crippen LogP contribution in [0.4, 0.5) is 0 Å². The van der Waals surface area contributed by atoms with Gasteiger partial charge in [0.05, 0.1) is 5.75 Å². The predicted molar refractivity (Wildman–Crippen MR) is 115 cm³/mol. The lowest BCUT2D eigenvalue weighted by Crippen LogP contribution is -2.26. The molecule has 1 heterocycles. The lowest BCUT2D eigenvalue weighted by Gasteiger charge is -2.14. The average molecular weight is 397 g/mol. The zero-order chi connectivity index (χ0) is 19.6. The summed E-state index contributed by atoms with van der Waals surface area (Å²) >= 11 is 1.47. The van der Waals surface area contributed by atoms with Crippen molar-refractivity contribution in [3.63, 3.8) is 0 Å². The van der Waals surface area contributed by atoms with E-state index >= 15 is 0 Å². The third kappa shape index (κ3) is 6.50. The van der Waals surface area contributed by atoms with Gasteiger partial charge in [0, 0.05) is 22.6 Å². The predicted octanol–water partition coefficient (Wildman–Crippen LogP) is 4.27. The van der Waals surface area contributed by atoms with Crippen molar-refractivity contribution < 1.29 is 9.59 Å². The van der Waals surface area contributed by atoms with E-state index in [9.17, 15) is 9.59 Å². The molecular formula is C23H28N2O2S. The molecule has 0 radical (unpaired) electrons. The molecule has 4 nitrogen and oxygen atoms in total. The maximum Gasteiger partial charge on any atom is 0.251 e. The molecule has 2 aromatic rings. The largest absolute Gasteiger partial charge is 0.352 e. The van der Waals surface area contributed by atoms with Crippen LogP contribution in [0.5, 0.6) is 0 Å². The minimum Gasteiger partial charge on any atom is -0.352 e. The minimum absolute atomic E-state index is 0.0435. The highest BCUT2D eigenvalue weighted by Crippen LogP contribution is 2.20. The van der Waals surface area contributed by atoms with Crippen LogP contribution >= 0.6 is 11.8 Å². The van der Waals surface area contributed by atoms with E-state index in [4.69, 9.17) is 0 Å². The number of benzene rings is 2. The summed E-state index contributed by atoms with van der Waals surface area (Å²) in [5.74, 6) is 0.419. The van der Waals surface area contributed by atoms with E-state index in [0.29, 0.717) is 17.9 Å². The lowest BCUT2D eigenvalue weighted by molar-refractivity contribution is 0.0951. The molecule has 1 aliphatic heterocycles. The van der Waals surface area contributed by atoms with Crippen molar-refractivity contribution in [2.75, 3.05) is 31.9 Å². The summed E-state index contributed by atoms with van der Waals surface area (Å²) in [5, 5.41) is 3.01. The van der Waals surface area contributed by atoms with Gasteiger partial charge in [-0.2, -0.15) is 0 Å². The van der Waals surface area contributed by atoms with E-state index in [2.05, 4.69) is 10.2 Å². The van der Waals surface area contributed by atoms with Crippen molar-refractivity contribution in [2.45, 2.75) is 30.6 Å². The molecule has 0 aromatic heterocycles. The average Bonchev–Trinajstić information content (AvgIpc) is 3.26. The summed E-state index contributed by atoms with van der Waals surface area (Å²) in [7, 11) is 0. The quantitative estimate of drug-likeness (QED) is 0.370. The third-order valence-corrected chi connectivity index (χ3v) is 5.94. The third-order valence-electron chi connectivity index (χ3n) is 4.95. The number of rotatable bonds is 10. The fourth-order valence-corrected chi connectivity index (χ4v) is 4.20. The molecule has 1 aliphatic rings. The first kappa shape index (κ1) is 20.6. The van der Waals surface area contributed by atoms with E-state index in [0.717, 1.165) is 29.8 Å². The summed E-state index contributed by atoms with van der Waals surface area (Å²) in [5.41, 5.74) is 1.37. The zero-order valence-electron chi connectivity index (χ0n) is 16.2. The maximum absolute atomic E-state index is 12.4. The van der Waals surface area contributed by atoms with Crippen LogP contribution in [0.1, 0.15) is 46.4 Å². The molecule has 148 valence electrons. The molecule has 0 saturated carbocycles. The Labute approximate surface area is 171 Å². The van der Waals surface area contributed by atoms with E-state index in [1.807, 2.05) is 54.6 Å². The van der Waals surface area contributed by atoms with Crippen LogP contribution in [0.2, 0.25) is 0 Å². The van der Waals surface area contributed by atoms with E-state index in [1.165, 1.54) is 37.7 Å². The molecule has 1 saturated heterocycles. The number of thioether (sulfide) groups is 1. The normalized spacial score (nSPS) is 14.1. The van der Waals surface area contributed by atoms with Crippen LogP contribution in [-0.4, -0.2) is 48.5 Å². The van der Waals surface area contributed by atoms with Crippen molar-refractivity contribution >= 4 is 23.5 Å². The highest BCUT2D eigenvalue weighted by Gasteiger charge is 2.11. The standard InChI is InChI=1S/C23H28N2O2S/c26-22(19-9-2-1-3-10-19)18-28-21-12-8-11-20(17-21)23(27)24-13-4-5-14-25-15-6-7-16-25/h1-3,8-12,17H,4-7,13-16,18H2,(H,24,27). The van der Waals surface area contributed by atoms with Crippen LogP contribution in [0.15, 0.2) is 59.5 Å². The number of nitrogens with zero attached hydrogens (tertiary/aromatic N) is 1. The number of ketones is 1. The maximum atomic E-state index is 12.4. The fraction of sp³-hybridized carbons (Fsp3) is 0.391. The van der Waals surface area contributed by atoms with Gasteiger partial charge < -0.3 is 10.2 Å². The Morgan fingerprint density at radius 3 is 2.46 bits per heavy atom. The first-order valence-electron chi connectivity index (χ1n) is 10.0. The zero-order valence-corrected chi connectivity index (χ0v) is 17.0. The fourth-order valence-electron chi connectivity index (χ4n) is 3.35. The second-order valence-electron chi connectivity index (χ2n) is 7.12. The number of nitrogens with one attached hydrogen (secondary N) is 1. The van der Waals surface area contributed by atoms with Gasteiger partial charge >= 0.3 is 0 Å². The number of amides is 1. The SMILES string of the molecule is O=C(CSc1cccc(C(=O)NCCCCN2CCCC2)c1)c1ccccc1. The highest BCUT2D eigenvalue weighted by molar-refractivity contribution is 8.00. The van der Waals surface area contributed by atoms with Crippen LogP contribution in [-0.2, 0) is 0 Å². The molecule has 0 spiro atoms. The highest BCUT2D eigenvalue weighted by atomic mass is 32.2. The van der Waals surface area contributed by atoms with Gasteiger partial charge in [-0.1, -0.05) is 36.4 Å². The molecule has 0 unspecified atom stereocenters. The van der Waals surface area contributed by atoms with Gasteiger partial charge in [-0.3, -0.25) is 9.59 Å². The molecule has 2 aromatic carbocycles. The van der Waals surface area contributed by atoms with E-state index in [-0.39, 0.29) is 11.7 Å². The Morgan fingerprint density at radius 1 is 0.929 bits per heavy atom. The summed E-state index contributed by atoms with van der Waals surface area (Å²) in [6.45, 7) is 4.29. The molecule has 1 N–H and O–H groups in total. The molecule has 1 fully saturated rings. The second kappa shape index (κ2) is 11.0. The van der Waals surface area contributed by atoms with Gasteiger partial charge in [-0.15, -0.1) is 11.8 Å². The number of hydrogen-bond acceptors (Lipinski definition) is 4. The van der Waals surface area contributed by atoms with Crippen LogP contribution in [0.3, 0.4) is 0 Å². The molecular weight excluding hydrogens is 368 g/mol. The van der Waals surface area contributed by atoms with Gasteiger partial charge in [-0.05, 0) is 63.5 Å². The smallest absolute Gasteiger partial charge is 0.251 e. The first-order valence-corrected chi connectivity index (χ1v) is 11.0. The number of carbonyl (C=O) groups is 2. The van der Waals surface area contributed by atoms with Crippen molar-refractivity contribution in [1.82, 2.24) is 10.2 Å². The van der Waals surface area contributed by atoms with Crippen LogP contribution in [0.25, 0.3) is 0 Å². The van der Waals surface area contributed by atoms with Gasteiger partial charge in [0.15, 0.2) is 5.78 Å². The monoisotopic (exact) mass is 396 g/mol. The minimum atomic E-state index is -0.0435. The second-order valence-corrected chi connectivity index (χ2v) is 8.17. The number of carbonyl (C=O) groups excluding carboxylic acids is 2. The van der Waals surface area contributed by atoms with E-state index in [1.54, 1.807) is 0 Å². The van der Waals surface area contributed by atoms with E-state index < -0.39 is 0 Å². The Hall–Kier alpha value is -2.11. The van der Waals surface area contributed by atoms with Crippen LogP contribution < -0.4 is 5.32 Å². The first-order chi connectivity index (χ1) is 13.7. The Bertz CT molecular complexity index is 773. The summed E-state index contributed by atoms with van der Waals surface area (Å²) < 4.78 is 0. The molecule has 28 heavy (non-hydrogen) atoms. The summed E-state index contributed by atoms with van der Waals surface area (Å²) in [6.07, 6.45) is 4.77. The molecule has 5 heteroatoms. The van der Waals surface area contributed by atoms with Crippen molar-refractivity contribution in [2.24, 2.45) is 0 Å². The number of Topliss-reactive ketones (excluding diaryl/α,β-unsaturated/α-hetero) is 1. The molecule has 0 atom stereocenters. The van der Waals surface area contributed by atoms with Crippen LogP contribution in [0, 0.1) is 0 Å². The lowest BCUT2D eigenvalue weighted by atomic mass is 10.2.